The van der Waals surface area contributed by atoms with Gasteiger partial charge in [-0.3, -0.25) is 9.59 Å². The largest absolute Gasteiger partial charge is 0.378 e. The van der Waals surface area contributed by atoms with Crippen molar-refractivity contribution in [2.45, 2.75) is 6.54 Å². The second kappa shape index (κ2) is 7.86. The standard InChI is InChI=1S/C16H16Cl2N4O3/c17-13-9-19-22(16(24)15(13)18)10-14(23)20-11-1-3-12(4-2-11)21-5-7-25-8-6-21/h1-4,9H,5-8,10H2,(H,20,23). The highest BCUT2D eigenvalue weighted by Gasteiger charge is 2.13. The number of amides is 1. The molecule has 2 heterocycles. The summed E-state index contributed by atoms with van der Waals surface area (Å²) in [6.45, 7) is 2.87. The molecule has 0 saturated carbocycles. The maximum Gasteiger partial charge on any atom is 0.287 e. The van der Waals surface area contributed by atoms with Crippen LogP contribution in [-0.2, 0) is 16.1 Å². The number of nitrogens with zero attached hydrogens (tertiary/aromatic N) is 3. The van der Waals surface area contributed by atoms with Crippen LogP contribution in [0.2, 0.25) is 10.0 Å². The highest BCUT2D eigenvalue weighted by atomic mass is 35.5. The Kier molecular flexibility index (Phi) is 5.57. The molecule has 0 spiro atoms. The highest BCUT2D eigenvalue weighted by Crippen LogP contribution is 2.19. The fraction of sp³-hybridized carbons (Fsp3) is 0.312. The molecule has 25 heavy (non-hydrogen) atoms. The van der Waals surface area contributed by atoms with Crippen molar-refractivity contribution in [3.63, 3.8) is 0 Å². The van der Waals surface area contributed by atoms with E-state index >= 15 is 0 Å². The number of anilines is 2. The molecule has 1 fully saturated rings. The summed E-state index contributed by atoms with van der Waals surface area (Å²) in [6.07, 6.45) is 1.23. The summed E-state index contributed by atoms with van der Waals surface area (Å²) in [7, 11) is 0. The van der Waals surface area contributed by atoms with Crippen LogP contribution in [0.5, 0.6) is 0 Å². The molecule has 1 saturated heterocycles. The monoisotopic (exact) mass is 382 g/mol. The Hall–Kier alpha value is -2.09. The van der Waals surface area contributed by atoms with Crippen molar-refractivity contribution in [1.82, 2.24) is 9.78 Å². The van der Waals surface area contributed by atoms with E-state index in [0.717, 1.165) is 23.5 Å². The molecule has 0 aliphatic carbocycles. The van der Waals surface area contributed by atoms with Crippen LogP contribution in [0.25, 0.3) is 0 Å². The number of nitrogens with one attached hydrogen (secondary N) is 1. The zero-order valence-corrected chi connectivity index (χ0v) is 14.8. The van der Waals surface area contributed by atoms with Gasteiger partial charge in [0.15, 0.2) is 0 Å². The number of morpholine rings is 1. The van der Waals surface area contributed by atoms with E-state index in [9.17, 15) is 9.59 Å². The SMILES string of the molecule is O=C(Cn1ncc(Cl)c(Cl)c1=O)Nc1ccc(N2CCOCC2)cc1. The number of ether oxygens (including phenoxy) is 1. The molecule has 1 aliphatic heterocycles. The number of hydrogen-bond donors (Lipinski definition) is 1. The molecule has 1 aromatic heterocycles. The van der Waals surface area contributed by atoms with Gasteiger partial charge in [0.05, 0.1) is 24.4 Å². The molecule has 0 unspecified atom stereocenters. The van der Waals surface area contributed by atoms with Crippen LogP contribution in [0.4, 0.5) is 11.4 Å². The number of rotatable bonds is 4. The Morgan fingerprint density at radius 2 is 1.88 bits per heavy atom. The van der Waals surface area contributed by atoms with E-state index in [0.29, 0.717) is 18.9 Å². The first-order chi connectivity index (χ1) is 12.0. The van der Waals surface area contributed by atoms with Gasteiger partial charge in [0.25, 0.3) is 5.56 Å². The van der Waals surface area contributed by atoms with Crippen LogP contribution in [0.1, 0.15) is 0 Å². The minimum atomic E-state index is -0.605. The van der Waals surface area contributed by atoms with Crippen molar-refractivity contribution < 1.29 is 9.53 Å². The minimum Gasteiger partial charge on any atom is -0.378 e. The van der Waals surface area contributed by atoms with E-state index in [1.165, 1.54) is 6.20 Å². The van der Waals surface area contributed by atoms with Crippen LogP contribution >= 0.6 is 23.2 Å². The van der Waals surface area contributed by atoms with E-state index in [-0.39, 0.29) is 22.5 Å². The summed E-state index contributed by atoms with van der Waals surface area (Å²) in [5, 5.41) is 6.43. The van der Waals surface area contributed by atoms with E-state index in [4.69, 9.17) is 27.9 Å². The lowest BCUT2D eigenvalue weighted by molar-refractivity contribution is -0.117. The van der Waals surface area contributed by atoms with Crippen molar-refractivity contribution in [3.8, 4) is 0 Å². The highest BCUT2D eigenvalue weighted by molar-refractivity contribution is 6.41. The van der Waals surface area contributed by atoms with Gasteiger partial charge in [-0.2, -0.15) is 5.10 Å². The first-order valence-corrected chi connectivity index (χ1v) is 8.44. The van der Waals surface area contributed by atoms with Crippen LogP contribution in [0, 0.1) is 0 Å². The normalized spacial score (nSPS) is 14.4. The quantitative estimate of drug-likeness (QED) is 0.875. The average Bonchev–Trinajstić information content (AvgIpc) is 2.63. The third-order valence-corrected chi connectivity index (χ3v) is 4.51. The van der Waals surface area contributed by atoms with Gasteiger partial charge in [-0.25, -0.2) is 4.68 Å². The van der Waals surface area contributed by atoms with Crippen LogP contribution in [0.3, 0.4) is 0 Å². The summed E-state index contributed by atoms with van der Waals surface area (Å²) in [6, 6.07) is 7.50. The van der Waals surface area contributed by atoms with E-state index in [2.05, 4.69) is 15.3 Å². The maximum absolute atomic E-state index is 12.1. The fourth-order valence-corrected chi connectivity index (χ4v) is 2.74. The molecule has 1 aromatic carbocycles. The maximum atomic E-state index is 12.1. The van der Waals surface area contributed by atoms with Gasteiger partial charge in [-0.15, -0.1) is 0 Å². The Labute approximate surface area is 154 Å². The number of hydrogen-bond acceptors (Lipinski definition) is 5. The second-order valence-electron chi connectivity index (χ2n) is 5.46. The van der Waals surface area contributed by atoms with E-state index < -0.39 is 5.56 Å². The van der Waals surface area contributed by atoms with Gasteiger partial charge in [-0.05, 0) is 24.3 Å². The minimum absolute atomic E-state index is 0.0574. The molecular formula is C16H16Cl2N4O3. The van der Waals surface area contributed by atoms with Crippen LogP contribution in [0.15, 0.2) is 35.3 Å². The molecule has 1 aliphatic rings. The first kappa shape index (κ1) is 17.7. The lowest BCUT2D eigenvalue weighted by Gasteiger charge is -2.28. The van der Waals surface area contributed by atoms with Gasteiger partial charge >= 0.3 is 0 Å². The van der Waals surface area contributed by atoms with Crippen molar-refractivity contribution in [3.05, 3.63) is 50.9 Å². The van der Waals surface area contributed by atoms with E-state index in [1.54, 1.807) is 0 Å². The number of carbonyl (C=O) groups is 1. The van der Waals surface area contributed by atoms with Gasteiger partial charge in [0, 0.05) is 24.5 Å². The van der Waals surface area contributed by atoms with Crippen molar-refractivity contribution >= 4 is 40.5 Å². The molecule has 0 radical (unpaired) electrons. The van der Waals surface area contributed by atoms with Crippen molar-refractivity contribution in [2.24, 2.45) is 0 Å². The molecule has 1 amide bonds. The Balaban J connectivity index is 1.63. The van der Waals surface area contributed by atoms with Gasteiger partial charge in [-0.1, -0.05) is 23.2 Å². The number of aromatic nitrogens is 2. The summed E-state index contributed by atoms with van der Waals surface area (Å²) in [5.74, 6) is -0.382. The molecule has 1 N–H and O–H groups in total. The zero-order chi connectivity index (χ0) is 17.8. The molecule has 132 valence electrons. The summed E-state index contributed by atoms with van der Waals surface area (Å²) >= 11 is 11.5. The number of halogens is 2. The third kappa shape index (κ3) is 4.31. The average molecular weight is 383 g/mol. The Morgan fingerprint density at radius 1 is 1.20 bits per heavy atom. The summed E-state index contributed by atoms with van der Waals surface area (Å²) < 4.78 is 6.29. The third-order valence-electron chi connectivity index (χ3n) is 3.76. The summed E-state index contributed by atoms with van der Waals surface area (Å²) in [5.41, 5.74) is 1.10. The second-order valence-corrected chi connectivity index (χ2v) is 6.25. The molecule has 0 bridgehead atoms. The topological polar surface area (TPSA) is 76.5 Å². The number of carbonyl (C=O) groups excluding carboxylic acids is 1. The van der Waals surface area contributed by atoms with Gasteiger partial charge in [0.2, 0.25) is 5.91 Å². The van der Waals surface area contributed by atoms with Crippen LogP contribution in [-0.4, -0.2) is 42.0 Å². The van der Waals surface area contributed by atoms with Crippen molar-refractivity contribution in [1.29, 1.82) is 0 Å². The predicted molar refractivity (Wildman–Crippen MR) is 96.6 cm³/mol. The number of benzene rings is 1. The Morgan fingerprint density at radius 3 is 2.56 bits per heavy atom. The van der Waals surface area contributed by atoms with Gasteiger partial charge < -0.3 is 15.0 Å². The van der Waals surface area contributed by atoms with Crippen LogP contribution < -0.4 is 15.8 Å². The Bertz CT molecular complexity index is 817. The van der Waals surface area contributed by atoms with Crippen molar-refractivity contribution in [2.75, 3.05) is 36.5 Å². The summed E-state index contributed by atoms with van der Waals surface area (Å²) in [4.78, 5) is 26.2. The molecular weight excluding hydrogens is 367 g/mol. The zero-order valence-electron chi connectivity index (χ0n) is 13.2. The van der Waals surface area contributed by atoms with E-state index in [1.807, 2.05) is 24.3 Å². The lowest BCUT2D eigenvalue weighted by atomic mass is 10.2. The molecule has 3 rings (SSSR count). The fourth-order valence-electron chi connectivity index (χ4n) is 2.47. The predicted octanol–water partition coefficient (Wildman–Crippen LogP) is 2.03. The first-order valence-electron chi connectivity index (χ1n) is 7.68. The lowest BCUT2D eigenvalue weighted by Crippen LogP contribution is -2.36. The molecule has 7 nitrogen and oxygen atoms in total. The molecule has 9 heteroatoms. The molecule has 2 aromatic rings. The van der Waals surface area contributed by atoms with Gasteiger partial charge in [0.1, 0.15) is 11.6 Å². The smallest absolute Gasteiger partial charge is 0.287 e. The molecule has 0 atom stereocenters.